The third-order valence-corrected chi connectivity index (χ3v) is 3.85. The van der Waals surface area contributed by atoms with Crippen molar-refractivity contribution in [3.8, 4) is 0 Å². The van der Waals surface area contributed by atoms with Crippen molar-refractivity contribution in [3.05, 3.63) is 56.7 Å². The van der Waals surface area contributed by atoms with E-state index >= 15 is 0 Å². The summed E-state index contributed by atoms with van der Waals surface area (Å²) in [7, 11) is 0. The predicted molar refractivity (Wildman–Crippen MR) is 83.4 cm³/mol. The number of nitrogens with one attached hydrogen (secondary N) is 1. The molecule has 2 nitrogen and oxygen atoms in total. The quantitative estimate of drug-likeness (QED) is 0.685. The maximum absolute atomic E-state index is 13.1. The smallest absolute Gasteiger partial charge is 0.256 e. The van der Waals surface area contributed by atoms with Crippen molar-refractivity contribution in [1.29, 1.82) is 0 Å². The van der Waals surface area contributed by atoms with Crippen LogP contribution in [0.15, 0.2) is 50.2 Å². The van der Waals surface area contributed by atoms with Gasteiger partial charge in [-0.3, -0.25) is 4.79 Å². The maximum atomic E-state index is 13.1. The first kappa shape index (κ1) is 14.6. The van der Waals surface area contributed by atoms with Gasteiger partial charge < -0.3 is 5.32 Å². The second-order valence-corrected chi connectivity index (χ2v) is 6.00. The minimum Gasteiger partial charge on any atom is -0.322 e. The number of rotatable bonds is 2. The highest BCUT2D eigenvalue weighted by atomic mass is 79.9. The molecule has 0 fully saturated rings. The van der Waals surface area contributed by atoms with Crippen molar-refractivity contribution in [2.45, 2.75) is 4.90 Å². The van der Waals surface area contributed by atoms with Crippen LogP contribution in [0.1, 0.15) is 10.4 Å². The lowest BCUT2D eigenvalue weighted by molar-refractivity contribution is 0.102. The first-order valence-corrected chi connectivity index (χ1v) is 7.25. The lowest BCUT2D eigenvalue weighted by Crippen LogP contribution is -2.12. The highest BCUT2D eigenvalue weighted by Gasteiger charge is 2.11. The molecule has 0 spiro atoms. The minimum atomic E-state index is -0.378. The number of amides is 1. The Hall–Kier alpha value is -0.850. The van der Waals surface area contributed by atoms with E-state index in [0.717, 1.165) is 4.47 Å². The summed E-state index contributed by atoms with van der Waals surface area (Å²) in [5.41, 5.74) is 0.959. The molecule has 6 heteroatoms. The van der Waals surface area contributed by atoms with Gasteiger partial charge in [-0.15, -0.1) is 12.6 Å². The highest BCUT2D eigenvalue weighted by Crippen LogP contribution is 2.23. The average molecular weight is 405 g/mol. The van der Waals surface area contributed by atoms with Crippen LogP contribution in [-0.4, -0.2) is 5.91 Å². The molecule has 0 saturated carbocycles. The fourth-order valence-electron chi connectivity index (χ4n) is 1.47. The van der Waals surface area contributed by atoms with E-state index in [4.69, 9.17) is 0 Å². The third kappa shape index (κ3) is 3.58. The zero-order valence-corrected chi connectivity index (χ0v) is 13.5. The molecule has 0 bridgehead atoms. The molecule has 0 aliphatic rings. The van der Waals surface area contributed by atoms with Gasteiger partial charge in [-0.05, 0) is 52.3 Å². The molecule has 98 valence electrons. The SMILES string of the molecule is O=C(Nc1ccc(F)c(Br)c1)c1ccc(Br)cc1S. The lowest BCUT2D eigenvalue weighted by Gasteiger charge is -2.08. The number of carbonyl (C=O) groups excluding carboxylic acids is 1. The topological polar surface area (TPSA) is 29.1 Å². The Kier molecular flexibility index (Phi) is 4.65. The molecule has 0 radical (unpaired) electrons. The molecular formula is C13H8Br2FNOS. The standard InChI is InChI=1S/C13H8Br2FNOS/c14-7-1-3-9(12(19)5-7)13(18)17-8-2-4-11(16)10(15)6-8/h1-6,19H,(H,17,18). The zero-order valence-electron chi connectivity index (χ0n) is 9.45. The summed E-state index contributed by atoms with van der Waals surface area (Å²) in [5, 5.41) is 2.69. The summed E-state index contributed by atoms with van der Waals surface area (Å²) in [4.78, 5) is 12.6. The second-order valence-electron chi connectivity index (χ2n) is 3.74. The molecule has 2 aromatic carbocycles. The average Bonchev–Trinajstić information content (AvgIpc) is 2.33. The van der Waals surface area contributed by atoms with E-state index in [9.17, 15) is 9.18 Å². The van der Waals surface area contributed by atoms with Gasteiger partial charge in [0.25, 0.3) is 5.91 Å². The summed E-state index contributed by atoms with van der Waals surface area (Å²) in [6, 6.07) is 9.44. The van der Waals surface area contributed by atoms with Crippen LogP contribution in [0.5, 0.6) is 0 Å². The molecule has 2 aromatic rings. The summed E-state index contributed by atoms with van der Waals surface area (Å²) >= 11 is 10.6. The number of benzene rings is 2. The van der Waals surface area contributed by atoms with Gasteiger partial charge in [0.15, 0.2) is 0 Å². The van der Waals surface area contributed by atoms with Crippen molar-refractivity contribution < 1.29 is 9.18 Å². The molecule has 0 heterocycles. The van der Waals surface area contributed by atoms with Crippen LogP contribution in [0.25, 0.3) is 0 Å². The molecule has 0 aromatic heterocycles. The Bertz CT molecular complexity index is 649. The first-order valence-electron chi connectivity index (χ1n) is 5.22. The summed E-state index contributed by atoms with van der Waals surface area (Å²) in [6.45, 7) is 0. The van der Waals surface area contributed by atoms with Crippen LogP contribution < -0.4 is 5.32 Å². The third-order valence-electron chi connectivity index (χ3n) is 2.38. The number of hydrogen-bond acceptors (Lipinski definition) is 2. The van der Waals surface area contributed by atoms with Gasteiger partial charge in [0.05, 0.1) is 10.0 Å². The molecule has 1 N–H and O–H groups in total. The van der Waals surface area contributed by atoms with Crippen molar-refractivity contribution >= 4 is 56.1 Å². The highest BCUT2D eigenvalue weighted by molar-refractivity contribution is 9.10. The van der Waals surface area contributed by atoms with Gasteiger partial charge in [0.2, 0.25) is 0 Å². The Labute approximate surface area is 132 Å². The summed E-state index contributed by atoms with van der Waals surface area (Å²) in [5.74, 6) is -0.674. The van der Waals surface area contributed by atoms with Crippen LogP contribution in [-0.2, 0) is 0 Å². The van der Waals surface area contributed by atoms with Crippen molar-refractivity contribution in [1.82, 2.24) is 0 Å². The van der Waals surface area contributed by atoms with E-state index in [-0.39, 0.29) is 11.7 Å². The van der Waals surface area contributed by atoms with Crippen LogP contribution in [0, 0.1) is 5.82 Å². The molecule has 0 aliphatic heterocycles. The Morgan fingerprint density at radius 3 is 2.53 bits per heavy atom. The minimum absolute atomic E-state index is 0.295. The van der Waals surface area contributed by atoms with Crippen LogP contribution in [0.4, 0.5) is 10.1 Å². The van der Waals surface area contributed by atoms with Gasteiger partial charge in [-0.2, -0.15) is 0 Å². The van der Waals surface area contributed by atoms with Gasteiger partial charge in [-0.25, -0.2) is 4.39 Å². The van der Waals surface area contributed by atoms with Crippen molar-refractivity contribution in [2.24, 2.45) is 0 Å². The molecule has 2 rings (SSSR count). The Balaban J connectivity index is 2.23. The monoisotopic (exact) mass is 403 g/mol. The number of carbonyl (C=O) groups is 1. The van der Waals surface area contributed by atoms with Gasteiger partial charge in [0, 0.05) is 15.1 Å². The number of halogens is 3. The largest absolute Gasteiger partial charge is 0.322 e. The Morgan fingerprint density at radius 1 is 1.16 bits per heavy atom. The van der Waals surface area contributed by atoms with E-state index in [1.54, 1.807) is 18.2 Å². The fourth-order valence-corrected chi connectivity index (χ4v) is 2.70. The number of anilines is 1. The zero-order chi connectivity index (χ0) is 14.0. The molecular weight excluding hydrogens is 397 g/mol. The number of hydrogen-bond donors (Lipinski definition) is 2. The molecule has 0 unspecified atom stereocenters. The first-order chi connectivity index (χ1) is 8.97. The normalized spacial score (nSPS) is 10.3. The van der Waals surface area contributed by atoms with Gasteiger partial charge in [0.1, 0.15) is 5.82 Å². The molecule has 19 heavy (non-hydrogen) atoms. The van der Waals surface area contributed by atoms with Crippen LogP contribution >= 0.6 is 44.5 Å². The van der Waals surface area contributed by atoms with Crippen molar-refractivity contribution in [3.63, 3.8) is 0 Å². The maximum Gasteiger partial charge on any atom is 0.256 e. The van der Waals surface area contributed by atoms with E-state index in [1.807, 2.05) is 0 Å². The van der Waals surface area contributed by atoms with E-state index < -0.39 is 0 Å². The van der Waals surface area contributed by atoms with E-state index in [2.05, 4.69) is 49.8 Å². The van der Waals surface area contributed by atoms with E-state index in [1.165, 1.54) is 18.2 Å². The Morgan fingerprint density at radius 2 is 1.89 bits per heavy atom. The van der Waals surface area contributed by atoms with Gasteiger partial charge in [-0.1, -0.05) is 15.9 Å². The van der Waals surface area contributed by atoms with Crippen LogP contribution in [0.3, 0.4) is 0 Å². The summed E-state index contributed by atoms with van der Waals surface area (Å²) in [6.07, 6.45) is 0. The molecule has 1 amide bonds. The lowest BCUT2D eigenvalue weighted by atomic mass is 10.2. The van der Waals surface area contributed by atoms with Crippen LogP contribution in [0.2, 0.25) is 0 Å². The second kappa shape index (κ2) is 6.07. The molecule has 0 aliphatic carbocycles. The predicted octanol–water partition coefficient (Wildman–Crippen LogP) is 4.89. The van der Waals surface area contributed by atoms with Gasteiger partial charge >= 0.3 is 0 Å². The summed E-state index contributed by atoms with van der Waals surface area (Å²) < 4.78 is 14.2. The van der Waals surface area contributed by atoms with Crippen molar-refractivity contribution in [2.75, 3.05) is 5.32 Å². The fraction of sp³-hybridized carbons (Fsp3) is 0. The van der Waals surface area contributed by atoms with E-state index in [0.29, 0.717) is 20.6 Å². The molecule has 0 atom stereocenters. The number of thiol groups is 1. The molecule has 0 saturated heterocycles.